The second-order valence-corrected chi connectivity index (χ2v) is 5.95. The summed E-state index contributed by atoms with van der Waals surface area (Å²) < 4.78 is 5.63. The first-order valence-electron chi connectivity index (χ1n) is 8.35. The quantitative estimate of drug-likeness (QED) is 0.791. The van der Waals surface area contributed by atoms with E-state index >= 15 is 0 Å². The zero-order chi connectivity index (χ0) is 16.8. The van der Waals surface area contributed by atoms with Crippen LogP contribution in [0.5, 0.6) is 0 Å². The predicted molar refractivity (Wildman–Crippen MR) is 91.9 cm³/mol. The fourth-order valence-electron chi connectivity index (χ4n) is 2.91. The number of hydrogen-bond donors (Lipinski definition) is 0. The average Bonchev–Trinajstić information content (AvgIpc) is 2.67. The minimum Gasteiger partial charge on any atom is -0.433 e. The lowest BCUT2D eigenvalue weighted by Gasteiger charge is -2.28. The Labute approximate surface area is 142 Å². The number of carbonyl (C=O) groups is 2. The summed E-state index contributed by atoms with van der Waals surface area (Å²) in [5.74, 6) is -0.202. The van der Waals surface area contributed by atoms with Crippen molar-refractivity contribution in [3.8, 4) is 0 Å². The average molecular weight is 323 g/mol. The minimum atomic E-state index is -0.914. The summed E-state index contributed by atoms with van der Waals surface area (Å²) in [4.78, 5) is 27.0. The minimum absolute atomic E-state index is 0.202. The molecule has 0 radical (unpaired) electrons. The highest BCUT2D eigenvalue weighted by Gasteiger charge is 2.28. The van der Waals surface area contributed by atoms with E-state index in [4.69, 9.17) is 4.74 Å². The first-order valence-corrected chi connectivity index (χ1v) is 8.35. The van der Waals surface area contributed by atoms with E-state index in [1.165, 1.54) is 0 Å². The van der Waals surface area contributed by atoms with Crippen molar-refractivity contribution in [3.63, 3.8) is 0 Å². The molecule has 3 rings (SSSR count). The fraction of sp³-hybridized carbons (Fsp3) is 0.300. The molecule has 24 heavy (non-hydrogen) atoms. The molecule has 1 atom stereocenters. The molecule has 4 heteroatoms. The van der Waals surface area contributed by atoms with Crippen LogP contribution in [0.3, 0.4) is 0 Å². The van der Waals surface area contributed by atoms with Crippen LogP contribution < -0.4 is 0 Å². The third-order valence-electron chi connectivity index (χ3n) is 4.23. The van der Waals surface area contributed by atoms with Gasteiger partial charge in [-0.25, -0.2) is 4.79 Å². The number of rotatable bonds is 4. The third kappa shape index (κ3) is 3.82. The van der Waals surface area contributed by atoms with Gasteiger partial charge in [-0.05, 0) is 19.3 Å². The molecule has 1 fully saturated rings. The topological polar surface area (TPSA) is 46.6 Å². The first-order chi connectivity index (χ1) is 11.8. The highest BCUT2D eigenvalue weighted by atomic mass is 16.6. The van der Waals surface area contributed by atoms with Crippen LogP contribution in [0.1, 0.15) is 41.3 Å². The van der Waals surface area contributed by atoms with Gasteiger partial charge in [-0.15, -0.1) is 0 Å². The largest absolute Gasteiger partial charge is 0.433 e. The fourth-order valence-corrected chi connectivity index (χ4v) is 2.91. The maximum Gasteiger partial charge on any atom is 0.410 e. The molecule has 1 unspecified atom stereocenters. The normalized spacial score (nSPS) is 15.6. The van der Waals surface area contributed by atoms with Gasteiger partial charge in [0.05, 0.1) is 0 Å². The van der Waals surface area contributed by atoms with Gasteiger partial charge in [-0.2, -0.15) is 0 Å². The Morgan fingerprint density at radius 3 is 2.04 bits per heavy atom. The molecule has 124 valence electrons. The number of ether oxygens (including phenoxy) is 1. The summed E-state index contributed by atoms with van der Waals surface area (Å²) in [6.07, 6.45) is 1.78. The Morgan fingerprint density at radius 2 is 1.42 bits per heavy atom. The van der Waals surface area contributed by atoms with Crippen LogP contribution in [0.15, 0.2) is 60.7 Å². The molecule has 1 saturated heterocycles. The number of hydrogen-bond acceptors (Lipinski definition) is 3. The van der Waals surface area contributed by atoms with Gasteiger partial charge >= 0.3 is 6.09 Å². The molecule has 0 aliphatic carbocycles. The van der Waals surface area contributed by atoms with Crippen molar-refractivity contribution in [3.05, 3.63) is 71.8 Å². The zero-order valence-electron chi connectivity index (χ0n) is 13.6. The van der Waals surface area contributed by atoms with E-state index in [0.717, 1.165) is 19.3 Å². The van der Waals surface area contributed by atoms with Gasteiger partial charge in [0.2, 0.25) is 5.78 Å². The van der Waals surface area contributed by atoms with Crippen molar-refractivity contribution in [1.82, 2.24) is 4.90 Å². The van der Waals surface area contributed by atoms with Crippen LogP contribution in [-0.4, -0.2) is 29.9 Å². The number of nitrogens with zero attached hydrogens (tertiary/aromatic N) is 1. The molecule has 1 aliphatic rings. The molecular weight excluding hydrogens is 302 g/mol. The summed E-state index contributed by atoms with van der Waals surface area (Å²) in [5, 5.41) is 0. The van der Waals surface area contributed by atoms with Crippen molar-refractivity contribution in [2.75, 3.05) is 13.1 Å². The molecule has 0 spiro atoms. The van der Waals surface area contributed by atoms with E-state index in [0.29, 0.717) is 24.2 Å². The Hall–Kier alpha value is -2.62. The number of likely N-dealkylation sites (tertiary alicyclic amines) is 1. The van der Waals surface area contributed by atoms with Crippen LogP contribution in [-0.2, 0) is 4.74 Å². The summed E-state index contributed by atoms with van der Waals surface area (Å²) >= 11 is 0. The van der Waals surface area contributed by atoms with Crippen molar-refractivity contribution in [2.45, 2.75) is 25.4 Å². The lowest BCUT2D eigenvalue weighted by molar-refractivity contribution is 0.0459. The monoisotopic (exact) mass is 323 g/mol. The number of carbonyl (C=O) groups excluding carboxylic acids is 2. The Morgan fingerprint density at radius 1 is 0.833 bits per heavy atom. The van der Waals surface area contributed by atoms with Gasteiger partial charge in [-0.3, -0.25) is 4.79 Å². The molecule has 1 heterocycles. The molecule has 2 aromatic rings. The zero-order valence-corrected chi connectivity index (χ0v) is 13.6. The second kappa shape index (κ2) is 7.77. The molecule has 1 amide bonds. The molecule has 2 aromatic carbocycles. The Kier molecular flexibility index (Phi) is 5.26. The SMILES string of the molecule is O=C(c1ccccc1)C(OC(=O)N1CCCCC1)c1ccccc1. The number of benzene rings is 2. The van der Waals surface area contributed by atoms with Crippen molar-refractivity contribution < 1.29 is 14.3 Å². The number of amides is 1. The molecule has 0 N–H and O–H groups in total. The van der Waals surface area contributed by atoms with Crippen LogP contribution in [0.4, 0.5) is 4.79 Å². The standard InChI is InChI=1S/C20H21NO3/c22-18(16-10-4-1-5-11-16)19(17-12-6-2-7-13-17)24-20(23)21-14-8-3-9-15-21/h1-2,4-7,10-13,19H,3,8-9,14-15H2. The van der Waals surface area contributed by atoms with E-state index in [9.17, 15) is 9.59 Å². The third-order valence-corrected chi connectivity index (χ3v) is 4.23. The summed E-state index contributed by atoms with van der Waals surface area (Å²) in [7, 11) is 0. The van der Waals surface area contributed by atoms with Gasteiger partial charge in [0, 0.05) is 24.2 Å². The van der Waals surface area contributed by atoms with Crippen LogP contribution >= 0.6 is 0 Å². The Bertz CT molecular complexity index is 679. The number of piperidine rings is 1. The lowest BCUT2D eigenvalue weighted by atomic mass is 10.00. The molecule has 0 bridgehead atoms. The van der Waals surface area contributed by atoms with Crippen LogP contribution in [0.25, 0.3) is 0 Å². The van der Waals surface area contributed by atoms with Gasteiger partial charge < -0.3 is 9.64 Å². The second-order valence-electron chi connectivity index (χ2n) is 5.95. The van der Waals surface area contributed by atoms with Crippen molar-refractivity contribution in [1.29, 1.82) is 0 Å². The predicted octanol–water partition coefficient (Wildman–Crippen LogP) is 4.23. The molecule has 1 aliphatic heterocycles. The number of Topliss-reactive ketones (excluding diaryl/α,β-unsaturated/α-hetero) is 1. The highest BCUT2D eigenvalue weighted by Crippen LogP contribution is 2.24. The molecular formula is C20H21NO3. The van der Waals surface area contributed by atoms with Gasteiger partial charge in [-0.1, -0.05) is 60.7 Å². The van der Waals surface area contributed by atoms with E-state index in [-0.39, 0.29) is 5.78 Å². The van der Waals surface area contributed by atoms with Gasteiger partial charge in [0.25, 0.3) is 0 Å². The number of ketones is 1. The first kappa shape index (κ1) is 16.2. The van der Waals surface area contributed by atoms with E-state index < -0.39 is 12.2 Å². The highest BCUT2D eigenvalue weighted by molar-refractivity contribution is 6.00. The summed E-state index contributed by atoms with van der Waals surface area (Å²) in [6, 6.07) is 18.1. The van der Waals surface area contributed by atoms with Gasteiger partial charge in [0.1, 0.15) is 0 Å². The van der Waals surface area contributed by atoms with Crippen LogP contribution in [0.2, 0.25) is 0 Å². The molecule has 4 nitrogen and oxygen atoms in total. The Balaban J connectivity index is 1.82. The van der Waals surface area contributed by atoms with Crippen molar-refractivity contribution >= 4 is 11.9 Å². The van der Waals surface area contributed by atoms with E-state index in [1.807, 2.05) is 48.5 Å². The van der Waals surface area contributed by atoms with E-state index in [1.54, 1.807) is 17.0 Å². The van der Waals surface area contributed by atoms with Crippen LogP contribution in [0, 0.1) is 0 Å². The van der Waals surface area contributed by atoms with Crippen molar-refractivity contribution in [2.24, 2.45) is 0 Å². The molecule has 0 aromatic heterocycles. The summed E-state index contributed by atoms with van der Waals surface area (Å²) in [6.45, 7) is 1.39. The summed E-state index contributed by atoms with van der Waals surface area (Å²) in [5.41, 5.74) is 1.23. The van der Waals surface area contributed by atoms with E-state index in [2.05, 4.69) is 0 Å². The maximum absolute atomic E-state index is 12.9. The molecule has 0 saturated carbocycles. The lowest BCUT2D eigenvalue weighted by Crippen LogP contribution is -2.37. The maximum atomic E-state index is 12.9. The smallest absolute Gasteiger partial charge is 0.410 e. The van der Waals surface area contributed by atoms with Gasteiger partial charge in [0.15, 0.2) is 6.10 Å².